The summed E-state index contributed by atoms with van der Waals surface area (Å²) in [4.78, 5) is 11.9. The summed E-state index contributed by atoms with van der Waals surface area (Å²) in [6.45, 7) is 2.26. The third kappa shape index (κ3) is 1.68. The Morgan fingerprint density at radius 3 is 3.20 bits per heavy atom. The van der Waals surface area contributed by atoms with Crippen molar-refractivity contribution < 1.29 is 9.90 Å². The van der Waals surface area contributed by atoms with E-state index in [0.717, 1.165) is 19.5 Å². The fraction of sp³-hybridized carbons (Fsp3) is 0.833. The summed E-state index contributed by atoms with van der Waals surface area (Å²) in [5.41, 5.74) is 0. The van der Waals surface area contributed by atoms with Gasteiger partial charge in [0.25, 0.3) is 0 Å². The van der Waals surface area contributed by atoms with Crippen LogP contribution in [0.25, 0.3) is 0 Å². The molecular weight excluding hydrogens is 132 g/mol. The normalized spacial score (nSPS) is 26.5. The Morgan fingerprint density at radius 1 is 1.80 bits per heavy atom. The number of carbonyl (C=O) groups excluding carboxylic acids is 1. The molecule has 0 bridgehead atoms. The van der Waals surface area contributed by atoms with E-state index in [1.54, 1.807) is 4.90 Å². The molecule has 1 rings (SSSR count). The van der Waals surface area contributed by atoms with Crippen molar-refractivity contribution in [3.8, 4) is 0 Å². The SMILES string of the molecule is O=CN1CCN[C@H](CO)C1. The van der Waals surface area contributed by atoms with Gasteiger partial charge in [0.15, 0.2) is 0 Å². The zero-order valence-corrected chi connectivity index (χ0v) is 5.79. The molecule has 4 nitrogen and oxygen atoms in total. The maximum absolute atomic E-state index is 10.2. The third-order valence-corrected chi connectivity index (χ3v) is 1.66. The molecule has 0 saturated carbocycles. The highest BCUT2D eigenvalue weighted by Crippen LogP contribution is 1.94. The van der Waals surface area contributed by atoms with E-state index in [1.807, 2.05) is 0 Å². The predicted molar refractivity (Wildman–Crippen MR) is 36.5 cm³/mol. The standard InChI is InChI=1S/C6H12N2O2/c9-4-6-3-8(5-10)2-1-7-6/h5-7,9H,1-4H2/t6-/m0/s1. The van der Waals surface area contributed by atoms with E-state index in [1.165, 1.54) is 0 Å². The van der Waals surface area contributed by atoms with E-state index in [4.69, 9.17) is 5.11 Å². The van der Waals surface area contributed by atoms with Crippen LogP contribution in [0.5, 0.6) is 0 Å². The van der Waals surface area contributed by atoms with E-state index in [0.29, 0.717) is 6.54 Å². The molecule has 58 valence electrons. The van der Waals surface area contributed by atoms with Crippen LogP contribution in [0, 0.1) is 0 Å². The zero-order valence-electron chi connectivity index (χ0n) is 5.79. The molecule has 10 heavy (non-hydrogen) atoms. The van der Waals surface area contributed by atoms with Crippen molar-refractivity contribution >= 4 is 6.41 Å². The smallest absolute Gasteiger partial charge is 0.209 e. The number of aliphatic hydroxyl groups excluding tert-OH is 1. The molecule has 1 fully saturated rings. The molecule has 1 saturated heterocycles. The largest absolute Gasteiger partial charge is 0.395 e. The van der Waals surface area contributed by atoms with Gasteiger partial charge in [0.1, 0.15) is 0 Å². The number of carbonyl (C=O) groups is 1. The van der Waals surface area contributed by atoms with Gasteiger partial charge in [-0.1, -0.05) is 0 Å². The minimum atomic E-state index is 0.0685. The number of hydrogen-bond donors (Lipinski definition) is 2. The van der Waals surface area contributed by atoms with Gasteiger partial charge < -0.3 is 15.3 Å². The van der Waals surface area contributed by atoms with Crippen molar-refractivity contribution in [1.29, 1.82) is 0 Å². The van der Waals surface area contributed by atoms with Crippen LogP contribution in [0.3, 0.4) is 0 Å². The molecule has 1 amide bonds. The lowest BCUT2D eigenvalue weighted by Gasteiger charge is -2.29. The lowest BCUT2D eigenvalue weighted by Crippen LogP contribution is -2.51. The zero-order chi connectivity index (χ0) is 7.40. The van der Waals surface area contributed by atoms with Crippen LogP contribution in [0.1, 0.15) is 0 Å². The Morgan fingerprint density at radius 2 is 2.60 bits per heavy atom. The fourth-order valence-electron chi connectivity index (χ4n) is 1.07. The minimum Gasteiger partial charge on any atom is -0.395 e. The second kappa shape index (κ2) is 3.53. The second-order valence-electron chi connectivity index (χ2n) is 2.43. The minimum absolute atomic E-state index is 0.0685. The van der Waals surface area contributed by atoms with Crippen molar-refractivity contribution in [2.24, 2.45) is 0 Å². The van der Waals surface area contributed by atoms with Gasteiger partial charge in [-0.3, -0.25) is 4.79 Å². The van der Waals surface area contributed by atoms with Gasteiger partial charge in [0, 0.05) is 25.7 Å². The van der Waals surface area contributed by atoms with Gasteiger partial charge in [-0.25, -0.2) is 0 Å². The Bertz CT molecular complexity index is 118. The molecule has 0 spiro atoms. The highest BCUT2D eigenvalue weighted by atomic mass is 16.3. The molecule has 0 unspecified atom stereocenters. The number of rotatable bonds is 2. The van der Waals surface area contributed by atoms with Crippen LogP contribution < -0.4 is 5.32 Å². The average Bonchev–Trinajstić information content (AvgIpc) is 2.05. The second-order valence-corrected chi connectivity index (χ2v) is 2.43. The van der Waals surface area contributed by atoms with Gasteiger partial charge >= 0.3 is 0 Å². The molecule has 0 aromatic carbocycles. The lowest BCUT2D eigenvalue weighted by molar-refractivity contribution is -0.119. The summed E-state index contributed by atoms with van der Waals surface area (Å²) in [6.07, 6.45) is 0.823. The molecule has 0 aromatic heterocycles. The van der Waals surface area contributed by atoms with Crippen LogP contribution in [0.15, 0.2) is 0 Å². The highest BCUT2D eigenvalue weighted by Gasteiger charge is 2.15. The Kier molecular flexibility index (Phi) is 2.65. The number of nitrogens with one attached hydrogen (secondary N) is 1. The van der Waals surface area contributed by atoms with Crippen LogP contribution in [-0.2, 0) is 4.79 Å². The first-order chi connectivity index (χ1) is 4.86. The summed E-state index contributed by atoms with van der Waals surface area (Å²) in [7, 11) is 0. The van der Waals surface area contributed by atoms with Crippen LogP contribution in [0.4, 0.5) is 0 Å². The molecule has 2 N–H and O–H groups in total. The van der Waals surface area contributed by atoms with E-state index in [2.05, 4.69) is 5.32 Å². The topological polar surface area (TPSA) is 52.6 Å². The molecule has 1 aliphatic rings. The quantitative estimate of drug-likeness (QED) is 0.459. The monoisotopic (exact) mass is 144 g/mol. The Balaban J connectivity index is 2.31. The fourth-order valence-corrected chi connectivity index (χ4v) is 1.07. The Labute approximate surface area is 59.8 Å². The van der Waals surface area contributed by atoms with E-state index < -0.39 is 0 Å². The number of amides is 1. The highest BCUT2D eigenvalue weighted by molar-refractivity contribution is 5.47. The van der Waals surface area contributed by atoms with Gasteiger partial charge in [0.2, 0.25) is 6.41 Å². The van der Waals surface area contributed by atoms with Crippen molar-refractivity contribution in [2.45, 2.75) is 6.04 Å². The molecule has 1 aliphatic heterocycles. The molecule has 1 heterocycles. The number of aliphatic hydroxyl groups is 1. The van der Waals surface area contributed by atoms with E-state index in [9.17, 15) is 4.79 Å². The predicted octanol–water partition coefficient (Wildman–Crippen LogP) is -1.59. The van der Waals surface area contributed by atoms with Gasteiger partial charge in [-0.15, -0.1) is 0 Å². The van der Waals surface area contributed by atoms with Crippen molar-refractivity contribution in [3.63, 3.8) is 0 Å². The van der Waals surface area contributed by atoms with Crippen molar-refractivity contribution in [3.05, 3.63) is 0 Å². The van der Waals surface area contributed by atoms with Crippen molar-refractivity contribution in [2.75, 3.05) is 26.2 Å². The maximum atomic E-state index is 10.2. The molecule has 0 aliphatic carbocycles. The van der Waals surface area contributed by atoms with Gasteiger partial charge in [0.05, 0.1) is 6.61 Å². The third-order valence-electron chi connectivity index (χ3n) is 1.66. The van der Waals surface area contributed by atoms with E-state index >= 15 is 0 Å². The van der Waals surface area contributed by atoms with Crippen LogP contribution in [-0.4, -0.2) is 48.7 Å². The number of hydrogen-bond acceptors (Lipinski definition) is 3. The average molecular weight is 144 g/mol. The van der Waals surface area contributed by atoms with Gasteiger partial charge in [-0.2, -0.15) is 0 Å². The molecule has 0 radical (unpaired) electrons. The summed E-state index contributed by atoms with van der Waals surface area (Å²) >= 11 is 0. The summed E-state index contributed by atoms with van der Waals surface area (Å²) in [6, 6.07) is 0.0685. The first-order valence-electron chi connectivity index (χ1n) is 3.40. The molecular formula is C6H12N2O2. The molecule has 0 aromatic rings. The lowest BCUT2D eigenvalue weighted by atomic mass is 10.2. The van der Waals surface area contributed by atoms with Crippen LogP contribution in [0.2, 0.25) is 0 Å². The number of nitrogens with zero attached hydrogens (tertiary/aromatic N) is 1. The molecule has 4 heteroatoms. The Hall–Kier alpha value is -0.610. The first kappa shape index (κ1) is 7.50. The summed E-state index contributed by atoms with van der Waals surface area (Å²) < 4.78 is 0. The van der Waals surface area contributed by atoms with Gasteiger partial charge in [-0.05, 0) is 0 Å². The molecule has 1 atom stereocenters. The van der Waals surface area contributed by atoms with Crippen molar-refractivity contribution in [1.82, 2.24) is 10.2 Å². The first-order valence-corrected chi connectivity index (χ1v) is 3.40. The van der Waals surface area contributed by atoms with E-state index in [-0.39, 0.29) is 12.6 Å². The van der Waals surface area contributed by atoms with Crippen LogP contribution >= 0.6 is 0 Å². The summed E-state index contributed by atoms with van der Waals surface area (Å²) in [5.74, 6) is 0. The maximum Gasteiger partial charge on any atom is 0.209 e. The summed E-state index contributed by atoms with van der Waals surface area (Å²) in [5, 5.41) is 11.8. The number of piperazine rings is 1.